The first-order valence-electron chi connectivity index (χ1n) is 13.2. The highest BCUT2D eigenvalue weighted by Crippen LogP contribution is 2.33. The molecule has 5 fully saturated rings. The molecule has 3 saturated heterocycles. The molecule has 0 radical (unpaired) electrons. The highest BCUT2D eigenvalue weighted by molar-refractivity contribution is 8.00. The van der Waals surface area contributed by atoms with Crippen LogP contribution in [0.5, 0.6) is 0 Å². The number of methoxy groups -OCH3 is 1. The third-order valence-electron chi connectivity index (χ3n) is 8.84. The van der Waals surface area contributed by atoms with E-state index in [1.165, 1.54) is 77.5 Å². The maximum atomic E-state index is 6.02. The van der Waals surface area contributed by atoms with Crippen LogP contribution in [0, 0.1) is 0 Å². The molecule has 0 aromatic rings. The fourth-order valence-electron chi connectivity index (χ4n) is 6.84. The number of hydrogen-bond donors (Lipinski definition) is 4. The summed E-state index contributed by atoms with van der Waals surface area (Å²) in [6, 6.07) is 3.22. The number of fused-ring (bicyclic) bond motifs is 1. The van der Waals surface area contributed by atoms with Crippen LogP contribution < -0.4 is 21.3 Å². The Morgan fingerprint density at radius 3 is 2.56 bits per heavy atom. The number of nitrogens with one attached hydrogen (secondary N) is 4. The number of likely N-dealkylation sites (N-methyl/N-ethyl adjacent to an activating group) is 1. The third kappa shape index (κ3) is 5.82. The summed E-state index contributed by atoms with van der Waals surface area (Å²) in [5, 5.41) is 16.3. The summed E-state index contributed by atoms with van der Waals surface area (Å²) in [5.74, 6) is 1.15. The quantitative estimate of drug-likeness (QED) is 0.463. The van der Waals surface area contributed by atoms with Crippen LogP contribution in [0.25, 0.3) is 0 Å². The molecule has 0 spiro atoms. The van der Waals surface area contributed by atoms with E-state index in [0.29, 0.717) is 36.4 Å². The van der Waals surface area contributed by atoms with Crippen molar-refractivity contribution < 1.29 is 4.74 Å². The summed E-state index contributed by atoms with van der Waals surface area (Å²) in [4.78, 5) is 5.17. The lowest BCUT2D eigenvalue weighted by atomic mass is 9.86. The van der Waals surface area contributed by atoms with Gasteiger partial charge in [-0.3, -0.25) is 10.2 Å². The molecule has 5 aliphatic rings. The average Bonchev–Trinajstić information content (AvgIpc) is 3.28. The summed E-state index contributed by atoms with van der Waals surface area (Å²) < 4.78 is 6.02. The molecule has 2 aliphatic carbocycles. The standard InChI is InChI=1S/C24H46N6OS/c1-29-9-11-30(12-10-29)19-4-5-20(22(15-19)31-2)28-24-14-18(7-8-25-24)27-17-3-6-23-21(13-17)26-16-32-23/h17-28H,3-16H2,1-2H3. The molecular weight excluding hydrogens is 420 g/mol. The Morgan fingerprint density at radius 1 is 0.875 bits per heavy atom. The molecule has 3 aliphatic heterocycles. The van der Waals surface area contributed by atoms with Crippen LogP contribution in [0.4, 0.5) is 0 Å². The zero-order chi connectivity index (χ0) is 21.9. The minimum atomic E-state index is 0.324. The van der Waals surface area contributed by atoms with E-state index in [0.717, 1.165) is 23.7 Å². The van der Waals surface area contributed by atoms with Gasteiger partial charge < -0.3 is 25.6 Å². The van der Waals surface area contributed by atoms with Crippen molar-refractivity contribution >= 4 is 11.8 Å². The van der Waals surface area contributed by atoms with E-state index in [4.69, 9.17) is 4.74 Å². The van der Waals surface area contributed by atoms with E-state index < -0.39 is 0 Å². The Balaban J connectivity index is 1.08. The second-order valence-electron chi connectivity index (χ2n) is 10.9. The molecule has 5 rings (SSSR count). The molecule has 3 heterocycles. The fraction of sp³-hybridized carbons (Fsp3) is 1.00. The van der Waals surface area contributed by atoms with E-state index in [9.17, 15) is 0 Å². The summed E-state index contributed by atoms with van der Waals surface area (Å²) >= 11 is 2.13. The van der Waals surface area contributed by atoms with Gasteiger partial charge in [-0.2, -0.15) is 0 Å². The van der Waals surface area contributed by atoms with Crippen LogP contribution in [-0.4, -0.2) is 110 Å². The van der Waals surface area contributed by atoms with E-state index in [1.807, 2.05) is 7.11 Å². The molecule has 0 aromatic heterocycles. The van der Waals surface area contributed by atoms with Gasteiger partial charge in [0.2, 0.25) is 0 Å². The molecule has 8 unspecified atom stereocenters. The molecule has 2 saturated carbocycles. The lowest BCUT2D eigenvalue weighted by Crippen LogP contribution is -2.61. The zero-order valence-corrected chi connectivity index (χ0v) is 21.0. The van der Waals surface area contributed by atoms with Crippen LogP contribution in [0.15, 0.2) is 0 Å². The number of thioether (sulfide) groups is 1. The smallest absolute Gasteiger partial charge is 0.0739 e. The van der Waals surface area contributed by atoms with E-state index in [-0.39, 0.29) is 0 Å². The molecule has 4 N–H and O–H groups in total. The molecule has 8 heteroatoms. The van der Waals surface area contributed by atoms with E-state index >= 15 is 0 Å². The third-order valence-corrected chi connectivity index (χ3v) is 10.2. The molecule has 0 amide bonds. The molecule has 0 bridgehead atoms. The lowest BCUT2D eigenvalue weighted by molar-refractivity contribution is -0.0104. The maximum Gasteiger partial charge on any atom is 0.0739 e. The maximum absolute atomic E-state index is 6.02. The molecule has 184 valence electrons. The molecule has 7 nitrogen and oxygen atoms in total. The summed E-state index contributed by atoms with van der Waals surface area (Å²) in [6.07, 6.45) is 10.9. The van der Waals surface area contributed by atoms with Crippen molar-refractivity contribution in [3.63, 3.8) is 0 Å². The topological polar surface area (TPSA) is 63.8 Å². The normalized spacial score (nSPS) is 44.4. The first-order valence-corrected chi connectivity index (χ1v) is 14.3. The van der Waals surface area contributed by atoms with Crippen molar-refractivity contribution in [1.29, 1.82) is 0 Å². The number of piperidine rings is 1. The van der Waals surface area contributed by atoms with Gasteiger partial charge in [0.05, 0.1) is 12.3 Å². The highest BCUT2D eigenvalue weighted by atomic mass is 32.2. The van der Waals surface area contributed by atoms with E-state index in [2.05, 4.69) is 49.9 Å². The van der Waals surface area contributed by atoms with Gasteiger partial charge in [0.15, 0.2) is 0 Å². The Morgan fingerprint density at radius 2 is 1.72 bits per heavy atom. The second kappa shape index (κ2) is 11.2. The van der Waals surface area contributed by atoms with Gasteiger partial charge in [0, 0.05) is 74.6 Å². The minimum Gasteiger partial charge on any atom is -0.380 e. The van der Waals surface area contributed by atoms with Gasteiger partial charge in [-0.05, 0) is 65.0 Å². The summed E-state index contributed by atoms with van der Waals surface area (Å²) in [5.41, 5.74) is 0. The zero-order valence-electron chi connectivity index (χ0n) is 20.2. The number of hydrogen-bond acceptors (Lipinski definition) is 8. The second-order valence-corrected chi connectivity index (χ2v) is 12.1. The Labute approximate surface area is 199 Å². The minimum absolute atomic E-state index is 0.324. The van der Waals surface area contributed by atoms with Crippen LogP contribution in [0.3, 0.4) is 0 Å². The monoisotopic (exact) mass is 466 g/mol. The lowest BCUT2D eigenvalue weighted by Gasteiger charge is -2.45. The molecular formula is C24H46N6OS. The number of nitrogens with zero attached hydrogens (tertiary/aromatic N) is 2. The van der Waals surface area contributed by atoms with Gasteiger partial charge in [-0.15, -0.1) is 11.8 Å². The van der Waals surface area contributed by atoms with Crippen molar-refractivity contribution in [3.05, 3.63) is 0 Å². The van der Waals surface area contributed by atoms with Crippen LogP contribution in [-0.2, 0) is 4.74 Å². The molecule has 8 atom stereocenters. The van der Waals surface area contributed by atoms with Gasteiger partial charge >= 0.3 is 0 Å². The fourth-order valence-corrected chi connectivity index (χ4v) is 8.10. The number of ether oxygens (including phenoxy) is 1. The first kappa shape index (κ1) is 23.8. The first-order chi connectivity index (χ1) is 15.7. The Hall–Kier alpha value is 0.0700. The SMILES string of the molecule is COC1CC(N2CCN(C)CC2)CCC1NC1CC(NC2CCC3SCNC3C2)CCN1. The predicted octanol–water partition coefficient (Wildman–Crippen LogP) is 1.01. The van der Waals surface area contributed by atoms with Crippen molar-refractivity contribution in [3.8, 4) is 0 Å². The average molecular weight is 467 g/mol. The highest BCUT2D eigenvalue weighted by Gasteiger charge is 2.37. The number of rotatable bonds is 6. The van der Waals surface area contributed by atoms with Crippen molar-refractivity contribution in [2.24, 2.45) is 0 Å². The van der Waals surface area contributed by atoms with Crippen LogP contribution in [0.2, 0.25) is 0 Å². The van der Waals surface area contributed by atoms with Crippen LogP contribution >= 0.6 is 11.8 Å². The van der Waals surface area contributed by atoms with Crippen LogP contribution in [0.1, 0.15) is 51.4 Å². The van der Waals surface area contributed by atoms with Gasteiger partial charge in [-0.1, -0.05) is 0 Å². The number of piperazine rings is 1. The van der Waals surface area contributed by atoms with Gasteiger partial charge in [0.1, 0.15) is 0 Å². The predicted molar refractivity (Wildman–Crippen MR) is 133 cm³/mol. The Kier molecular flexibility index (Phi) is 8.33. The summed E-state index contributed by atoms with van der Waals surface area (Å²) in [6.45, 7) is 5.94. The Bertz CT molecular complexity index is 591. The van der Waals surface area contributed by atoms with Gasteiger partial charge in [0.25, 0.3) is 0 Å². The van der Waals surface area contributed by atoms with Gasteiger partial charge in [-0.25, -0.2) is 0 Å². The largest absolute Gasteiger partial charge is 0.380 e. The van der Waals surface area contributed by atoms with E-state index in [1.54, 1.807) is 0 Å². The summed E-state index contributed by atoms with van der Waals surface area (Å²) in [7, 11) is 4.15. The molecule has 0 aromatic carbocycles. The molecule has 32 heavy (non-hydrogen) atoms. The van der Waals surface area contributed by atoms with Crippen molar-refractivity contribution in [2.75, 3.05) is 52.8 Å². The van der Waals surface area contributed by atoms with Crippen molar-refractivity contribution in [1.82, 2.24) is 31.1 Å². The van der Waals surface area contributed by atoms with Crippen molar-refractivity contribution in [2.45, 2.75) is 99.1 Å².